The largest absolute Gasteiger partial charge is 0.350 e. The molecular weight excluding hydrogens is 405 g/mol. The Balaban J connectivity index is 1.86. The maximum atomic E-state index is 14.4. The minimum Gasteiger partial charge on any atom is -0.350 e. The van der Waals surface area contributed by atoms with Crippen molar-refractivity contribution in [3.63, 3.8) is 0 Å². The van der Waals surface area contributed by atoms with Crippen molar-refractivity contribution in [1.82, 2.24) is 14.1 Å². The number of fused-ring (bicyclic) bond motifs is 1. The van der Waals surface area contributed by atoms with E-state index in [4.69, 9.17) is 0 Å². The molecule has 5 aromatic rings. The third-order valence-electron chi connectivity index (χ3n) is 5.73. The summed E-state index contributed by atoms with van der Waals surface area (Å²) in [6, 6.07) is 19.5. The van der Waals surface area contributed by atoms with Crippen molar-refractivity contribution >= 4 is 10.9 Å². The van der Waals surface area contributed by atoms with E-state index in [2.05, 4.69) is 4.98 Å². The molecular formula is C26H20FN3O2. The molecule has 0 aliphatic carbocycles. The van der Waals surface area contributed by atoms with Gasteiger partial charge >= 0.3 is 0 Å². The van der Waals surface area contributed by atoms with Crippen LogP contribution in [0, 0.1) is 5.82 Å². The van der Waals surface area contributed by atoms with Crippen LogP contribution < -0.4 is 11.1 Å². The molecule has 0 atom stereocenters. The van der Waals surface area contributed by atoms with Crippen molar-refractivity contribution in [2.75, 3.05) is 0 Å². The molecule has 1 N–H and O–H groups in total. The standard InChI is InChI=1S/C26H20FN3O2/c1-29-14-20(16-8-4-3-5-9-16)18(13-24(29)31)21-15-30(2)26(32)25-19(21)12-23(28-25)17-10-6-7-11-22(17)27/h3-15,28H,1-2H3. The summed E-state index contributed by atoms with van der Waals surface area (Å²) in [4.78, 5) is 28.6. The number of aromatic nitrogens is 3. The van der Waals surface area contributed by atoms with Crippen molar-refractivity contribution in [2.45, 2.75) is 0 Å². The maximum Gasteiger partial charge on any atom is 0.274 e. The topological polar surface area (TPSA) is 59.8 Å². The molecule has 0 spiro atoms. The van der Waals surface area contributed by atoms with Crippen LogP contribution in [-0.2, 0) is 14.1 Å². The molecule has 0 amide bonds. The number of benzene rings is 2. The summed E-state index contributed by atoms with van der Waals surface area (Å²) in [5.41, 5.74) is 4.10. The fourth-order valence-electron chi connectivity index (χ4n) is 4.07. The van der Waals surface area contributed by atoms with Gasteiger partial charge in [-0.3, -0.25) is 9.59 Å². The summed E-state index contributed by atoms with van der Waals surface area (Å²) in [5.74, 6) is -0.379. The number of rotatable bonds is 3. The zero-order chi connectivity index (χ0) is 22.4. The maximum absolute atomic E-state index is 14.4. The monoisotopic (exact) mass is 425 g/mol. The molecule has 5 rings (SSSR count). The summed E-state index contributed by atoms with van der Waals surface area (Å²) in [6.07, 6.45) is 3.53. The van der Waals surface area contributed by atoms with E-state index in [9.17, 15) is 14.0 Å². The summed E-state index contributed by atoms with van der Waals surface area (Å²) < 4.78 is 17.5. The Morgan fingerprint density at radius 3 is 2.19 bits per heavy atom. The summed E-state index contributed by atoms with van der Waals surface area (Å²) in [5, 5.41) is 0.636. The highest BCUT2D eigenvalue weighted by atomic mass is 19.1. The lowest BCUT2D eigenvalue weighted by Gasteiger charge is -2.14. The number of nitrogens with one attached hydrogen (secondary N) is 1. The van der Waals surface area contributed by atoms with Crippen molar-refractivity contribution in [2.24, 2.45) is 14.1 Å². The molecule has 3 heterocycles. The van der Waals surface area contributed by atoms with Crippen LogP contribution in [0.5, 0.6) is 0 Å². The normalized spacial score (nSPS) is 11.2. The SMILES string of the molecule is Cn1cc(-c2ccccc2)c(-c2cn(C)c(=O)c3[nH]c(-c4ccccc4F)cc23)cc1=O. The first-order chi connectivity index (χ1) is 15.4. The molecule has 2 aromatic carbocycles. The first-order valence-corrected chi connectivity index (χ1v) is 10.2. The van der Waals surface area contributed by atoms with E-state index in [0.717, 1.165) is 16.7 Å². The number of nitrogens with zero attached hydrogens (tertiary/aromatic N) is 2. The third-order valence-corrected chi connectivity index (χ3v) is 5.73. The van der Waals surface area contributed by atoms with Crippen LogP contribution in [-0.4, -0.2) is 14.1 Å². The fourth-order valence-corrected chi connectivity index (χ4v) is 4.07. The Bertz CT molecular complexity index is 1590. The summed E-state index contributed by atoms with van der Waals surface area (Å²) in [6.45, 7) is 0. The van der Waals surface area contributed by atoms with E-state index in [1.165, 1.54) is 15.2 Å². The van der Waals surface area contributed by atoms with Crippen LogP contribution in [0.3, 0.4) is 0 Å². The molecule has 0 fully saturated rings. The van der Waals surface area contributed by atoms with Gasteiger partial charge in [-0.05, 0) is 29.3 Å². The molecule has 0 saturated heterocycles. The van der Waals surface area contributed by atoms with Gasteiger partial charge in [-0.1, -0.05) is 42.5 Å². The van der Waals surface area contributed by atoms with Crippen LogP contribution in [0.1, 0.15) is 0 Å². The van der Waals surface area contributed by atoms with Gasteiger partial charge in [0, 0.05) is 60.3 Å². The summed E-state index contributed by atoms with van der Waals surface area (Å²) in [7, 11) is 3.37. The van der Waals surface area contributed by atoms with Crippen LogP contribution in [0.2, 0.25) is 0 Å². The van der Waals surface area contributed by atoms with Gasteiger partial charge in [0.1, 0.15) is 11.3 Å². The molecule has 6 heteroatoms. The van der Waals surface area contributed by atoms with Gasteiger partial charge in [0.2, 0.25) is 0 Å². The van der Waals surface area contributed by atoms with Gasteiger partial charge in [-0.2, -0.15) is 0 Å². The number of aromatic amines is 1. The predicted octanol–water partition coefficient (Wildman–Crippen LogP) is 4.71. The van der Waals surface area contributed by atoms with Crippen LogP contribution in [0.15, 0.2) is 88.7 Å². The second-order valence-corrected chi connectivity index (χ2v) is 7.83. The van der Waals surface area contributed by atoms with Gasteiger partial charge in [0.25, 0.3) is 11.1 Å². The Hall–Kier alpha value is -4.19. The number of aryl methyl sites for hydroxylation is 2. The van der Waals surface area contributed by atoms with E-state index in [-0.39, 0.29) is 16.9 Å². The highest BCUT2D eigenvalue weighted by molar-refractivity contribution is 6.00. The zero-order valence-corrected chi connectivity index (χ0v) is 17.6. The average Bonchev–Trinajstić information content (AvgIpc) is 3.24. The fraction of sp³-hybridized carbons (Fsp3) is 0.0769. The van der Waals surface area contributed by atoms with E-state index >= 15 is 0 Å². The molecule has 158 valence electrons. The molecule has 0 aliphatic heterocycles. The number of halogens is 1. The van der Waals surface area contributed by atoms with Crippen molar-refractivity contribution in [1.29, 1.82) is 0 Å². The molecule has 0 aliphatic rings. The first-order valence-electron chi connectivity index (χ1n) is 10.2. The number of hydrogen-bond acceptors (Lipinski definition) is 2. The Kier molecular flexibility index (Phi) is 4.63. The summed E-state index contributed by atoms with van der Waals surface area (Å²) >= 11 is 0. The van der Waals surface area contributed by atoms with Gasteiger partial charge in [-0.15, -0.1) is 0 Å². The van der Waals surface area contributed by atoms with E-state index in [1.54, 1.807) is 56.8 Å². The highest BCUT2D eigenvalue weighted by Gasteiger charge is 2.18. The van der Waals surface area contributed by atoms with Crippen LogP contribution in [0.4, 0.5) is 4.39 Å². The van der Waals surface area contributed by atoms with Gasteiger partial charge in [0.15, 0.2) is 0 Å². The quantitative estimate of drug-likeness (QED) is 0.455. The zero-order valence-electron chi connectivity index (χ0n) is 17.6. The molecule has 32 heavy (non-hydrogen) atoms. The van der Waals surface area contributed by atoms with Gasteiger partial charge in [0.05, 0.1) is 0 Å². The van der Waals surface area contributed by atoms with Crippen LogP contribution in [0.25, 0.3) is 44.4 Å². The molecule has 0 saturated carbocycles. The van der Waals surface area contributed by atoms with Crippen molar-refractivity contribution < 1.29 is 4.39 Å². The molecule has 0 bridgehead atoms. The van der Waals surface area contributed by atoms with Crippen molar-refractivity contribution in [3.8, 4) is 33.5 Å². The lowest BCUT2D eigenvalue weighted by molar-refractivity contribution is 0.631. The smallest absolute Gasteiger partial charge is 0.274 e. The second kappa shape index (κ2) is 7.50. The van der Waals surface area contributed by atoms with Crippen LogP contribution >= 0.6 is 0 Å². The Labute approximate surface area is 183 Å². The third kappa shape index (κ3) is 3.17. The number of pyridine rings is 2. The minimum atomic E-state index is -0.379. The van der Waals surface area contributed by atoms with Gasteiger partial charge < -0.3 is 14.1 Å². The van der Waals surface area contributed by atoms with E-state index in [1.807, 2.05) is 30.3 Å². The minimum absolute atomic E-state index is 0.161. The van der Waals surface area contributed by atoms with Gasteiger partial charge in [-0.25, -0.2) is 4.39 Å². The predicted molar refractivity (Wildman–Crippen MR) is 125 cm³/mol. The molecule has 0 radical (unpaired) electrons. The highest BCUT2D eigenvalue weighted by Crippen LogP contribution is 2.36. The first kappa shape index (κ1) is 19.8. The van der Waals surface area contributed by atoms with E-state index in [0.29, 0.717) is 27.7 Å². The Morgan fingerprint density at radius 2 is 1.44 bits per heavy atom. The molecule has 3 aromatic heterocycles. The lowest BCUT2D eigenvalue weighted by atomic mass is 9.95. The molecule has 5 nitrogen and oxygen atoms in total. The van der Waals surface area contributed by atoms with Crippen molar-refractivity contribution in [3.05, 3.63) is 106 Å². The van der Waals surface area contributed by atoms with E-state index < -0.39 is 0 Å². The second-order valence-electron chi connectivity index (χ2n) is 7.83. The molecule has 0 unspecified atom stereocenters. The Morgan fingerprint density at radius 1 is 0.750 bits per heavy atom. The number of hydrogen-bond donors (Lipinski definition) is 1. The number of H-pyrrole nitrogens is 1. The lowest BCUT2D eigenvalue weighted by Crippen LogP contribution is -2.18. The average molecular weight is 425 g/mol.